The highest BCUT2D eigenvalue weighted by Crippen LogP contribution is 2.29. The van der Waals surface area contributed by atoms with Gasteiger partial charge in [-0.25, -0.2) is 0 Å². The van der Waals surface area contributed by atoms with Gasteiger partial charge < -0.3 is 4.90 Å². The Morgan fingerprint density at radius 3 is 2.20 bits per heavy atom. The maximum atomic E-state index is 10.8. The molecule has 0 aliphatic heterocycles. The molecule has 1 aliphatic rings. The van der Waals surface area contributed by atoms with Gasteiger partial charge in [-0.2, -0.15) is 0 Å². The van der Waals surface area contributed by atoms with Crippen LogP contribution in [0.2, 0.25) is 0 Å². The lowest BCUT2D eigenvalue weighted by Gasteiger charge is -2.23. The Hall–Kier alpha value is -0.240. The molecule has 0 aromatic heterocycles. The minimum atomic E-state index is -0.308. The summed E-state index contributed by atoms with van der Waals surface area (Å²) in [4.78, 5) is 12.5. The molecule has 0 unspecified atom stereocenters. The van der Waals surface area contributed by atoms with Crippen LogP contribution in [0.5, 0.6) is 0 Å². The standard InChI is InChI=1S/C7H12ClNO/c1-5(2)9(7(8)10)6-3-4-6/h5-6H,3-4H2,1-2H3. The van der Waals surface area contributed by atoms with Gasteiger partial charge in [-0.05, 0) is 38.3 Å². The molecule has 1 saturated carbocycles. The minimum Gasteiger partial charge on any atom is -0.324 e. The summed E-state index contributed by atoms with van der Waals surface area (Å²) < 4.78 is 0. The van der Waals surface area contributed by atoms with Crippen molar-refractivity contribution < 1.29 is 4.79 Å². The highest BCUT2D eigenvalue weighted by Gasteiger charge is 2.33. The fourth-order valence-corrected chi connectivity index (χ4v) is 1.45. The fraction of sp³-hybridized carbons (Fsp3) is 0.857. The molecule has 10 heavy (non-hydrogen) atoms. The van der Waals surface area contributed by atoms with Gasteiger partial charge in [0.25, 0.3) is 0 Å². The second-order valence-electron chi connectivity index (χ2n) is 2.99. The van der Waals surface area contributed by atoms with Crippen molar-refractivity contribution in [1.82, 2.24) is 4.90 Å². The SMILES string of the molecule is CC(C)N(C(=O)Cl)C1CC1. The number of amides is 1. The van der Waals surface area contributed by atoms with Crippen LogP contribution in [-0.4, -0.2) is 22.3 Å². The molecule has 1 aliphatic carbocycles. The van der Waals surface area contributed by atoms with E-state index >= 15 is 0 Å². The maximum Gasteiger partial charge on any atom is 0.316 e. The number of hydrogen-bond donors (Lipinski definition) is 0. The summed E-state index contributed by atoms with van der Waals surface area (Å²) in [5, 5.41) is -0.308. The van der Waals surface area contributed by atoms with Crippen LogP contribution >= 0.6 is 11.6 Å². The van der Waals surface area contributed by atoms with E-state index in [1.165, 1.54) is 0 Å². The molecule has 58 valence electrons. The molecule has 3 heteroatoms. The van der Waals surface area contributed by atoms with Crippen LogP contribution in [0.15, 0.2) is 0 Å². The number of carbonyl (C=O) groups is 1. The third-order valence-electron chi connectivity index (χ3n) is 1.70. The van der Waals surface area contributed by atoms with E-state index in [-0.39, 0.29) is 11.4 Å². The summed E-state index contributed by atoms with van der Waals surface area (Å²) in [6.07, 6.45) is 2.24. The summed E-state index contributed by atoms with van der Waals surface area (Å²) >= 11 is 5.36. The van der Waals surface area contributed by atoms with Crippen LogP contribution in [0.1, 0.15) is 26.7 Å². The minimum absolute atomic E-state index is 0.248. The predicted molar refractivity (Wildman–Crippen MR) is 41.2 cm³/mol. The highest BCUT2D eigenvalue weighted by molar-refractivity contribution is 6.62. The highest BCUT2D eigenvalue weighted by atomic mass is 35.5. The Morgan fingerprint density at radius 1 is 1.60 bits per heavy atom. The Morgan fingerprint density at radius 2 is 2.10 bits per heavy atom. The predicted octanol–water partition coefficient (Wildman–Crippen LogP) is 2.22. The first-order valence-electron chi connectivity index (χ1n) is 3.60. The van der Waals surface area contributed by atoms with Crippen molar-refractivity contribution in [3.63, 3.8) is 0 Å². The molecule has 0 bridgehead atoms. The topological polar surface area (TPSA) is 20.3 Å². The molecule has 1 rings (SSSR count). The summed E-state index contributed by atoms with van der Waals surface area (Å²) in [6, 6.07) is 0.683. The molecule has 0 atom stereocenters. The van der Waals surface area contributed by atoms with E-state index in [9.17, 15) is 4.79 Å². The van der Waals surface area contributed by atoms with Gasteiger partial charge in [0.2, 0.25) is 0 Å². The van der Waals surface area contributed by atoms with E-state index in [1.54, 1.807) is 4.90 Å². The van der Waals surface area contributed by atoms with E-state index in [4.69, 9.17) is 11.6 Å². The van der Waals surface area contributed by atoms with Crippen molar-refractivity contribution in [2.45, 2.75) is 38.8 Å². The molecule has 0 saturated heterocycles. The van der Waals surface area contributed by atoms with Crippen LogP contribution in [-0.2, 0) is 0 Å². The van der Waals surface area contributed by atoms with Gasteiger partial charge in [0.05, 0.1) is 0 Å². The molecular weight excluding hydrogens is 150 g/mol. The van der Waals surface area contributed by atoms with E-state index in [0.717, 1.165) is 12.8 Å². The Kier molecular flexibility index (Phi) is 2.19. The Bertz CT molecular complexity index is 141. The number of hydrogen-bond acceptors (Lipinski definition) is 1. The molecular formula is C7H12ClNO. The van der Waals surface area contributed by atoms with Gasteiger partial charge in [0.1, 0.15) is 0 Å². The van der Waals surface area contributed by atoms with Crippen molar-refractivity contribution in [2.75, 3.05) is 0 Å². The summed E-state index contributed by atoms with van der Waals surface area (Å²) in [7, 11) is 0. The Labute approximate surface area is 66.1 Å². The average Bonchev–Trinajstić information content (AvgIpc) is 2.46. The van der Waals surface area contributed by atoms with E-state index < -0.39 is 0 Å². The van der Waals surface area contributed by atoms with Crippen LogP contribution < -0.4 is 0 Å². The molecule has 0 aromatic rings. The van der Waals surface area contributed by atoms with Crippen molar-refractivity contribution in [3.05, 3.63) is 0 Å². The lowest BCUT2D eigenvalue weighted by molar-refractivity contribution is 0.203. The third kappa shape index (κ3) is 1.63. The normalized spacial score (nSPS) is 17.6. The largest absolute Gasteiger partial charge is 0.324 e. The average molecular weight is 162 g/mol. The van der Waals surface area contributed by atoms with Gasteiger partial charge in [-0.15, -0.1) is 0 Å². The molecule has 1 fully saturated rings. The van der Waals surface area contributed by atoms with Gasteiger partial charge >= 0.3 is 5.37 Å². The molecule has 2 nitrogen and oxygen atoms in total. The van der Waals surface area contributed by atoms with E-state index in [0.29, 0.717) is 6.04 Å². The molecule has 0 N–H and O–H groups in total. The van der Waals surface area contributed by atoms with Gasteiger partial charge in [0, 0.05) is 12.1 Å². The first kappa shape index (κ1) is 7.86. The van der Waals surface area contributed by atoms with Crippen molar-refractivity contribution in [3.8, 4) is 0 Å². The quantitative estimate of drug-likeness (QED) is 0.449. The van der Waals surface area contributed by atoms with Gasteiger partial charge in [0.15, 0.2) is 0 Å². The molecule has 0 heterocycles. The molecule has 0 aromatic carbocycles. The van der Waals surface area contributed by atoms with Crippen LogP contribution in [0.4, 0.5) is 4.79 Å². The summed E-state index contributed by atoms with van der Waals surface area (Å²) in [5.74, 6) is 0. The lowest BCUT2D eigenvalue weighted by Crippen LogP contribution is -2.34. The smallest absolute Gasteiger partial charge is 0.316 e. The van der Waals surface area contributed by atoms with Crippen molar-refractivity contribution in [1.29, 1.82) is 0 Å². The maximum absolute atomic E-state index is 10.8. The molecule has 0 spiro atoms. The zero-order chi connectivity index (χ0) is 7.72. The monoisotopic (exact) mass is 161 g/mol. The summed E-state index contributed by atoms with van der Waals surface area (Å²) in [6.45, 7) is 3.97. The van der Waals surface area contributed by atoms with Gasteiger partial charge in [-0.3, -0.25) is 4.79 Å². The van der Waals surface area contributed by atoms with Crippen LogP contribution in [0.3, 0.4) is 0 Å². The van der Waals surface area contributed by atoms with E-state index in [2.05, 4.69) is 0 Å². The number of halogens is 1. The second kappa shape index (κ2) is 2.79. The summed E-state index contributed by atoms with van der Waals surface area (Å²) in [5.41, 5.74) is 0. The zero-order valence-corrected chi connectivity index (χ0v) is 7.06. The number of carbonyl (C=O) groups excluding carboxylic acids is 1. The number of nitrogens with zero attached hydrogens (tertiary/aromatic N) is 1. The zero-order valence-electron chi connectivity index (χ0n) is 6.30. The van der Waals surface area contributed by atoms with Crippen LogP contribution in [0, 0.1) is 0 Å². The third-order valence-corrected chi connectivity index (χ3v) is 1.89. The molecule has 1 amide bonds. The Balaban J connectivity index is 2.49. The van der Waals surface area contributed by atoms with E-state index in [1.807, 2.05) is 13.8 Å². The first-order chi connectivity index (χ1) is 4.63. The van der Waals surface area contributed by atoms with Crippen molar-refractivity contribution in [2.24, 2.45) is 0 Å². The van der Waals surface area contributed by atoms with Crippen LogP contribution in [0.25, 0.3) is 0 Å². The lowest BCUT2D eigenvalue weighted by atomic mass is 10.3. The second-order valence-corrected chi connectivity index (χ2v) is 3.31. The molecule has 0 radical (unpaired) electrons. The van der Waals surface area contributed by atoms with Crippen molar-refractivity contribution >= 4 is 17.0 Å². The fourth-order valence-electron chi connectivity index (χ4n) is 1.12. The first-order valence-corrected chi connectivity index (χ1v) is 3.98. The number of rotatable bonds is 2. The van der Waals surface area contributed by atoms with Gasteiger partial charge in [-0.1, -0.05) is 0 Å².